The Kier molecular flexibility index (Phi) is 4.23. The zero-order chi connectivity index (χ0) is 16.4. The van der Waals surface area contributed by atoms with Gasteiger partial charge in [-0.3, -0.25) is 4.79 Å². The van der Waals surface area contributed by atoms with E-state index in [0.29, 0.717) is 23.6 Å². The van der Waals surface area contributed by atoms with Gasteiger partial charge in [-0.05, 0) is 38.0 Å². The fourth-order valence-corrected chi connectivity index (χ4v) is 2.98. The molecule has 1 saturated heterocycles. The molecule has 1 aromatic heterocycles. The van der Waals surface area contributed by atoms with Gasteiger partial charge in [0.15, 0.2) is 17.3 Å². The Hall–Kier alpha value is -2.50. The van der Waals surface area contributed by atoms with Crippen LogP contribution in [0.25, 0.3) is 0 Å². The van der Waals surface area contributed by atoms with Crippen LogP contribution in [0.15, 0.2) is 28.8 Å². The quantitative estimate of drug-likeness (QED) is 0.867. The number of ether oxygens (including phenoxy) is 2. The number of carbonyl (C=O) groups excluding carboxylic acids is 1. The monoisotopic (exact) mass is 316 g/mol. The minimum atomic E-state index is -0.0585. The summed E-state index contributed by atoms with van der Waals surface area (Å²) >= 11 is 0. The van der Waals surface area contributed by atoms with Gasteiger partial charge < -0.3 is 18.9 Å². The second-order valence-corrected chi connectivity index (χ2v) is 5.60. The molecule has 0 radical (unpaired) electrons. The van der Waals surface area contributed by atoms with Crippen LogP contribution >= 0.6 is 0 Å². The number of aryl methyl sites for hydroxylation is 1. The number of benzene rings is 1. The van der Waals surface area contributed by atoms with Crippen LogP contribution in [0, 0.1) is 6.92 Å². The smallest absolute Gasteiger partial charge is 0.254 e. The summed E-state index contributed by atoms with van der Waals surface area (Å²) in [5.41, 5.74) is 1.40. The third-order valence-corrected chi connectivity index (χ3v) is 4.12. The molecule has 1 aromatic carbocycles. The van der Waals surface area contributed by atoms with E-state index in [-0.39, 0.29) is 11.9 Å². The SMILES string of the molecule is COc1ccc(C(=O)N2CCC[C@@H]2c2cc(C)no2)cc1OC. The first-order valence-corrected chi connectivity index (χ1v) is 7.60. The van der Waals surface area contributed by atoms with Crippen LogP contribution < -0.4 is 9.47 Å². The fraction of sp³-hybridized carbons (Fsp3) is 0.412. The molecule has 2 heterocycles. The number of rotatable bonds is 4. The van der Waals surface area contributed by atoms with E-state index in [1.807, 2.05) is 17.9 Å². The predicted octanol–water partition coefficient (Wildman–Crippen LogP) is 2.98. The van der Waals surface area contributed by atoms with Gasteiger partial charge in [0.05, 0.1) is 26.0 Å². The first-order chi connectivity index (χ1) is 11.1. The Labute approximate surface area is 135 Å². The third kappa shape index (κ3) is 2.88. The fourth-order valence-electron chi connectivity index (χ4n) is 2.98. The molecule has 1 aliphatic heterocycles. The maximum absolute atomic E-state index is 12.9. The Morgan fingerprint density at radius 1 is 1.26 bits per heavy atom. The average molecular weight is 316 g/mol. The Morgan fingerprint density at radius 2 is 2.04 bits per heavy atom. The summed E-state index contributed by atoms with van der Waals surface area (Å²) in [6, 6.07) is 7.05. The van der Waals surface area contributed by atoms with E-state index in [1.54, 1.807) is 32.4 Å². The molecular weight excluding hydrogens is 296 g/mol. The number of aromatic nitrogens is 1. The Bertz CT molecular complexity index is 710. The molecule has 0 spiro atoms. The molecule has 6 heteroatoms. The summed E-state index contributed by atoms with van der Waals surface area (Å²) in [6.07, 6.45) is 1.83. The largest absolute Gasteiger partial charge is 0.493 e. The lowest BCUT2D eigenvalue weighted by molar-refractivity contribution is 0.0714. The van der Waals surface area contributed by atoms with Crippen LogP contribution in [0.5, 0.6) is 11.5 Å². The Morgan fingerprint density at radius 3 is 2.70 bits per heavy atom. The number of hydrogen-bond acceptors (Lipinski definition) is 5. The summed E-state index contributed by atoms with van der Waals surface area (Å²) in [5, 5.41) is 3.93. The number of methoxy groups -OCH3 is 2. The molecule has 122 valence electrons. The topological polar surface area (TPSA) is 64.8 Å². The first kappa shape index (κ1) is 15.4. The predicted molar refractivity (Wildman–Crippen MR) is 83.8 cm³/mol. The van der Waals surface area contributed by atoms with Crippen molar-refractivity contribution in [3.8, 4) is 11.5 Å². The van der Waals surface area contributed by atoms with Crippen LogP contribution in [0.1, 0.15) is 40.7 Å². The van der Waals surface area contributed by atoms with Crippen molar-refractivity contribution in [2.24, 2.45) is 0 Å². The molecular formula is C17H20N2O4. The first-order valence-electron chi connectivity index (χ1n) is 7.60. The minimum Gasteiger partial charge on any atom is -0.493 e. The lowest BCUT2D eigenvalue weighted by Crippen LogP contribution is -2.30. The van der Waals surface area contributed by atoms with Crippen LogP contribution in [0.4, 0.5) is 0 Å². The molecule has 1 amide bonds. The number of amides is 1. The molecule has 0 bridgehead atoms. The molecule has 0 N–H and O–H groups in total. The van der Waals surface area contributed by atoms with Gasteiger partial charge in [0.1, 0.15) is 0 Å². The molecule has 0 unspecified atom stereocenters. The van der Waals surface area contributed by atoms with Gasteiger partial charge >= 0.3 is 0 Å². The van der Waals surface area contributed by atoms with Crippen LogP contribution in [-0.4, -0.2) is 36.7 Å². The number of nitrogens with zero attached hydrogens (tertiary/aromatic N) is 2. The highest BCUT2D eigenvalue weighted by atomic mass is 16.5. The summed E-state index contributed by atoms with van der Waals surface area (Å²) in [6.45, 7) is 2.58. The van der Waals surface area contributed by atoms with Crippen molar-refractivity contribution in [2.45, 2.75) is 25.8 Å². The maximum Gasteiger partial charge on any atom is 0.254 e. The number of likely N-dealkylation sites (tertiary alicyclic amines) is 1. The summed E-state index contributed by atoms with van der Waals surface area (Å²) in [7, 11) is 3.13. The van der Waals surface area contributed by atoms with Crippen molar-refractivity contribution < 1.29 is 18.8 Å². The van der Waals surface area contributed by atoms with Gasteiger partial charge in [0, 0.05) is 18.2 Å². The van der Waals surface area contributed by atoms with Crippen molar-refractivity contribution in [3.63, 3.8) is 0 Å². The highest BCUT2D eigenvalue weighted by Crippen LogP contribution is 2.35. The molecule has 1 aliphatic rings. The van der Waals surface area contributed by atoms with E-state index < -0.39 is 0 Å². The molecule has 6 nitrogen and oxygen atoms in total. The molecule has 1 atom stereocenters. The highest BCUT2D eigenvalue weighted by molar-refractivity contribution is 5.95. The lowest BCUT2D eigenvalue weighted by Gasteiger charge is -2.23. The van der Waals surface area contributed by atoms with Crippen molar-refractivity contribution >= 4 is 5.91 Å². The summed E-state index contributed by atoms with van der Waals surface area (Å²) in [4.78, 5) is 14.7. The van der Waals surface area contributed by atoms with Crippen molar-refractivity contribution in [2.75, 3.05) is 20.8 Å². The maximum atomic E-state index is 12.9. The van der Waals surface area contributed by atoms with Gasteiger partial charge in [-0.15, -0.1) is 0 Å². The van der Waals surface area contributed by atoms with E-state index in [1.165, 1.54) is 0 Å². The van der Waals surface area contributed by atoms with Gasteiger partial charge in [0.25, 0.3) is 5.91 Å². The van der Waals surface area contributed by atoms with E-state index in [9.17, 15) is 4.79 Å². The van der Waals surface area contributed by atoms with Gasteiger partial charge in [0.2, 0.25) is 0 Å². The van der Waals surface area contributed by atoms with Crippen LogP contribution in [0.2, 0.25) is 0 Å². The van der Waals surface area contributed by atoms with Crippen molar-refractivity contribution in [3.05, 3.63) is 41.3 Å². The molecule has 3 rings (SSSR count). The second kappa shape index (κ2) is 6.32. The normalized spacial score (nSPS) is 17.3. The van der Waals surface area contributed by atoms with Gasteiger partial charge in [-0.2, -0.15) is 0 Å². The number of carbonyl (C=O) groups is 1. The zero-order valence-electron chi connectivity index (χ0n) is 13.5. The Balaban J connectivity index is 1.87. The highest BCUT2D eigenvalue weighted by Gasteiger charge is 2.33. The molecule has 2 aromatic rings. The van der Waals surface area contributed by atoms with E-state index in [0.717, 1.165) is 24.3 Å². The summed E-state index contributed by atoms with van der Waals surface area (Å²) < 4.78 is 15.9. The molecule has 23 heavy (non-hydrogen) atoms. The van der Waals surface area contributed by atoms with Crippen molar-refractivity contribution in [1.29, 1.82) is 0 Å². The minimum absolute atomic E-state index is 0.0393. The van der Waals surface area contributed by atoms with E-state index in [4.69, 9.17) is 14.0 Å². The third-order valence-electron chi connectivity index (χ3n) is 4.12. The summed E-state index contributed by atoms with van der Waals surface area (Å²) in [5.74, 6) is 1.86. The standard InChI is InChI=1S/C17H20N2O4/c1-11-9-15(23-18-11)13-5-4-8-19(13)17(20)12-6-7-14(21-2)16(10-12)22-3/h6-7,9-10,13H,4-5,8H2,1-3H3/t13-/m1/s1. The van der Waals surface area contributed by atoms with Gasteiger partial charge in [-0.25, -0.2) is 0 Å². The van der Waals surface area contributed by atoms with Crippen LogP contribution in [-0.2, 0) is 0 Å². The molecule has 0 aliphatic carbocycles. The van der Waals surface area contributed by atoms with E-state index >= 15 is 0 Å². The zero-order valence-corrected chi connectivity index (χ0v) is 13.5. The number of hydrogen-bond donors (Lipinski definition) is 0. The van der Waals surface area contributed by atoms with Crippen molar-refractivity contribution in [1.82, 2.24) is 10.1 Å². The average Bonchev–Trinajstić information content (AvgIpc) is 3.21. The second-order valence-electron chi connectivity index (χ2n) is 5.60. The van der Waals surface area contributed by atoms with Gasteiger partial charge in [-0.1, -0.05) is 5.16 Å². The lowest BCUT2D eigenvalue weighted by atomic mass is 10.1. The van der Waals surface area contributed by atoms with Crippen LogP contribution in [0.3, 0.4) is 0 Å². The molecule has 0 saturated carbocycles. The van der Waals surface area contributed by atoms with E-state index in [2.05, 4.69) is 5.16 Å². The molecule has 1 fully saturated rings.